The molecule has 1 aromatic heterocycles. The van der Waals surface area contributed by atoms with Gasteiger partial charge in [0.05, 0.1) is 5.69 Å². The molecule has 0 bridgehead atoms. The monoisotopic (exact) mass is 233 g/mol. The molecule has 0 radical (unpaired) electrons. The Kier molecular flexibility index (Phi) is 4.11. The van der Waals surface area contributed by atoms with Crippen LogP contribution in [-0.2, 0) is 6.54 Å². The van der Waals surface area contributed by atoms with Crippen LogP contribution in [0.5, 0.6) is 0 Å². The fourth-order valence-corrected chi connectivity index (χ4v) is 2.95. The summed E-state index contributed by atoms with van der Waals surface area (Å²) in [6, 6.07) is 2.66. The van der Waals surface area contributed by atoms with Crippen LogP contribution in [0.1, 0.15) is 44.6 Å². The average molecular weight is 233 g/mol. The Labute approximate surface area is 104 Å². The van der Waals surface area contributed by atoms with Crippen LogP contribution >= 0.6 is 0 Å². The maximum absolute atomic E-state index is 4.42. The van der Waals surface area contributed by atoms with E-state index >= 15 is 0 Å². The van der Waals surface area contributed by atoms with Crippen molar-refractivity contribution in [1.82, 2.24) is 15.3 Å². The van der Waals surface area contributed by atoms with Gasteiger partial charge in [-0.15, -0.1) is 0 Å². The standard InChI is InChI=1S/C14H23N3/c1-4-12-5-6-14(10(12)2)16-9-13-7-8-15-11(3)17-13/h7-8,10,12,14,16H,4-6,9H2,1-3H3. The molecule has 1 aliphatic rings. The molecule has 1 N–H and O–H groups in total. The lowest BCUT2D eigenvalue weighted by atomic mass is 9.93. The number of rotatable bonds is 4. The maximum Gasteiger partial charge on any atom is 0.125 e. The summed E-state index contributed by atoms with van der Waals surface area (Å²) in [6.07, 6.45) is 5.83. The predicted octanol–water partition coefficient (Wildman–Crippen LogP) is 2.70. The highest BCUT2D eigenvalue weighted by atomic mass is 15.0. The summed E-state index contributed by atoms with van der Waals surface area (Å²) < 4.78 is 0. The van der Waals surface area contributed by atoms with Gasteiger partial charge < -0.3 is 5.32 Å². The molecule has 1 saturated carbocycles. The lowest BCUT2D eigenvalue weighted by Crippen LogP contribution is -2.32. The van der Waals surface area contributed by atoms with E-state index in [9.17, 15) is 0 Å². The fourth-order valence-electron chi connectivity index (χ4n) is 2.95. The van der Waals surface area contributed by atoms with Crippen molar-refractivity contribution in [3.63, 3.8) is 0 Å². The molecule has 17 heavy (non-hydrogen) atoms. The molecule has 0 amide bonds. The van der Waals surface area contributed by atoms with Crippen molar-refractivity contribution in [2.24, 2.45) is 11.8 Å². The van der Waals surface area contributed by atoms with Crippen molar-refractivity contribution in [3.05, 3.63) is 23.8 Å². The summed E-state index contributed by atoms with van der Waals surface area (Å²) in [6.45, 7) is 7.49. The molecule has 2 rings (SSSR count). The Morgan fingerprint density at radius 3 is 2.88 bits per heavy atom. The van der Waals surface area contributed by atoms with Crippen LogP contribution < -0.4 is 5.32 Å². The minimum absolute atomic E-state index is 0.662. The van der Waals surface area contributed by atoms with Crippen LogP contribution in [0, 0.1) is 18.8 Å². The van der Waals surface area contributed by atoms with E-state index in [0.717, 1.165) is 29.9 Å². The van der Waals surface area contributed by atoms with Gasteiger partial charge in [0.15, 0.2) is 0 Å². The third-order valence-electron chi connectivity index (χ3n) is 4.13. The second-order valence-electron chi connectivity index (χ2n) is 5.19. The van der Waals surface area contributed by atoms with Crippen LogP contribution in [0.25, 0.3) is 0 Å². The van der Waals surface area contributed by atoms with Gasteiger partial charge in [-0.2, -0.15) is 0 Å². The molecule has 0 saturated heterocycles. The second kappa shape index (κ2) is 5.58. The summed E-state index contributed by atoms with van der Waals surface area (Å²) in [7, 11) is 0. The third-order valence-corrected chi connectivity index (χ3v) is 4.13. The van der Waals surface area contributed by atoms with Crippen molar-refractivity contribution in [2.75, 3.05) is 0 Å². The van der Waals surface area contributed by atoms with Crippen LogP contribution in [0.4, 0.5) is 0 Å². The van der Waals surface area contributed by atoms with Crippen molar-refractivity contribution in [3.8, 4) is 0 Å². The van der Waals surface area contributed by atoms with E-state index in [-0.39, 0.29) is 0 Å². The number of aromatic nitrogens is 2. The molecule has 0 aromatic carbocycles. The van der Waals surface area contributed by atoms with Crippen molar-refractivity contribution in [2.45, 2.75) is 52.6 Å². The largest absolute Gasteiger partial charge is 0.308 e. The van der Waals surface area contributed by atoms with Crippen LogP contribution in [0.15, 0.2) is 12.3 Å². The minimum Gasteiger partial charge on any atom is -0.308 e. The van der Waals surface area contributed by atoms with E-state index < -0.39 is 0 Å². The molecule has 1 aliphatic carbocycles. The normalized spacial score (nSPS) is 28.5. The van der Waals surface area contributed by atoms with Crippen LogP contribution in [0.2, 0.25) is 0 Å². The van der Waals surface area contributed by atoms with Gasteiger partial charge in [0, 0.05) is 18.8 Å². The van der Waals surface area contributed by atoms with Crippen molar-refractivity contribution in [1.29, 1.82) is 0 Å². The predicted molar refractivity (Wildman–Crippen MR) is 69.6 cm³/mol. The van der Waals surface area contributed by atoms with Gasteiger partial charge >= 0.3 is 0 Å². The third kappa shape index (κ3) is 3.03. The molecule has 3 atom stereocenters. The van der Waals surface area contributed by atoms with Crippen LogP contribution in [0.3, 0.4) is 0 Å². The first-order valence-corrected chi connectivity index (χ1v) is 6.72. The van der Waals surface area contributed by atoms with E-state index in [1.807, 2.05) is 19.2 Å². The first-order valence-electron chi connectivity index (χ1n) is 6.72. The number of hydrogen-bond donors (Lipinski definition) is 1. The Morgan fingerprint density at radius 2 is 2.24 bits per heavy atom. The topological polar surface area (TPSA) is 37.8 Å². The number of hydrogen-bond acceptors (Lipinski definition) is 3. The second-order valence-corrected chi connectivity index (χ2v) is 5.19. The van der Waals surface area contributed by atoms with E-state index in [1.54, 1.807) is 0 Å². The Bertz CT molecular complexity index is 364. The highest BCUT2D eigenvalue weighted by molar-refractivity contribution is 5.02. The molecule has 0 spiro atoms. The zero-order valence-corrected chi connectivity index (χ0v) is 11.1. The molecule has 3 heteroatoms. The maximum atomic E-state index is 4.42. The fraction of sp³-hybridized carbons (Fsp3) is 0.714. The molecule has 1 aromatic rings. The number of nitrogens with one attached hydrogen (secondary N) is 1. The van der Waals surface area contributed by atoms with Gasteiger partial charge in [-0.25, -0.2) is 9.97 Å². The highest BCUT2D eigenvalue weighted by Gasteiger charge is 2.30. The zero-order chi connectivity index (χ0) is 12.3. The van der Waals surface area contributed by atoms with E-state index in [1.165, 1.54) is 19.3 Å². The van der Waals surface area contributed by atoms with Gasteiger partial charge in [-0.05, 0) is 37.7 Å². The molecule has 1 fully saturated rings. The van der Waals surface area contributed by atoms with Crippen molar-refractivity contribution >= 4 is 0 Å². The Balaban J connectivity index is 1.87. The minimum atomic E-state index is 0.662. The van der Waals surface area contributed by atoms with E-state index in [4.69, 9.17) is 0 Å². The van der Waals surface area contributed by atoms with Gasteiger partial charge in [0.25, 0.3) is 0 Å². The lowest BCUT2D eigenvalue weighted by Gasteiger charge is -2.20. The Morgan fingerprint density at radius 1 is 1.41 bits per heavy atom. The molecule has 94 valence electrons. The molecule has 1 heterocycles. The number of nitrogens with zero attached hydrogens (tertiary/aromatic N) is 2. The van der Waals surface area contributed by atoms with Gasteiger partial charge in [-0.1, -0.05) is 20.3 Å². The molecule has 0 aliphatic heterocycles. The lowest BCUT2D eigenvalue weighted by molar-refractivity contribution is 0.343. The first kappa shape index (κ1) is 12.5. The van der Waals surface area contributed by atoms with Gasteiger partial charge in [0.2, 0.25) is 0 Å². The first-order chi connectivity index (χ1) is 8.20. The van der Waals surface area contributed by atoms with Crippen LogP contribution in [-0.4, -0.2) is 16.0 Å². The molecular weight excluding hydrogens is 210 g/mol. The summed E-state index contributed by atoms with van der Waals surface area (Å²) in [5.74, 6) is 2.55. The Hall–Kier alpha value is -0.960. The highest BCUT2D eigenvalue weighted by Crippen LogP contribution is 2.33. The van der Waals surface area contributed by atoms with E-state index in [0.29, 0.717) is 6.04 Å². The molecular formula is C14H23N3. The smallest absolute Gasteiger partial charge is 0.125 e. The summed E-state index contributed by atoms with van der Waals surface area (Å²) >= 11 is 0. The zero-order valence-electron chi connectivity index (χ0n) is 11.1. The number of aryl methyl sites for hydroxylation is 1. The summed E-state index contributed by atoms with van der Waals surface area (Å²) in [4.78, 5) is 8.55. The quantitative estimate of drug-likeness (QED) is 0.869. The molecule has 3 nitrogen and oxygen atoms in total. The van der Waals surface area contributed by atoms with Gasteiger partial charge in [0.1, 0.15) is 5.82 Å². The van der Waals surface area contributed by atoms with Gasteiger partial charge in [-0.3, -0.25) is 0 Å². The summed E-state index contributed by atoms with van der Waals surface area (Å²) in [5.41, 5.74) is 1.10. The molecule has 3 unspecified atom stereocenters. The summed E-state index contributed by atoms with van der Waals surface area (Å²) in [5, 5.41) is 3.65. The SMILES string of the molecule is CCC1CCC(NCc2ccnc(C)n2)C1C. The average Bonchev–Trinajstić information content (AvgIpc) is 2.67. The van der Waals surface area contributed by atoms with Crippen molar-refractivity contribution < 1.29 is 0 Å². The van der Waals surface area contributed by atoms with E-state index in [2.05, 4.69) is 29.1 Å².